The van der Waals surface area contributed by atoms with E-state index in [0.29, 0.717) is 13.1 Å². The van der Waals surface area contributed by atoms with Crippen LogP contribution in [0.1, 0.15) is 24.1 Å². The average Bonchev–Trinajstić information content (AvgIpc) is 2.55. The zero-order valence-electron chi connectivity index (χ0n) is 14.3. The van der Waals surface area contributed by atoms with E-state index in [-0.39, 0.29) is 11.9 Å². The van der Waals surface area contributed by atoms with Crippen LogP contribution in [0.5, 0.6) is 5.75 Å². The van der Waals surface area contributed by atoms with Gasteiger partial charge in [-0.15, -0.1) is 0 Å². The number of ether oxygens (including phenoxy) is 1. The van der Waals surface area contributed by atoms with Crippen molar-refractivity contribution < 1.29 is 9.53 Å². The summed E-state index contributed by atoms with van der Waals surface area (Å²) in [7, 11) is 3.59. The van der Waals surface area contributed by atoms with Crippen LogP contribution in [0.3, 0.4) is 0 Å². The van der Waals surface area contributed by atoms with Gasteiger partial charge in [-0.05, 0) is 49.4 Å². The van der Waals surface area contributed by atoms with Gasteiger partial charge in [0.05, 0.1) is 19.7 Å². The minimum absolute atomic E-state index is 0.0100. The summed E-state index contributed by atoms with van der Waals surface area (Å²) < 4.78 is 6.26. The van der Waals surface area contributed by atoms with E-state index in [9.17, 15) is 4.79 Å². The molecule has 2 rings (SSSR count). The van der Waals surface area contributed by atoms with Crippen molar-refractivity contribution in [1.29, 1.82) is 0 Å². The fourth-order valence-electron chi connectivity index (χ4n) is 2.51. The van der Waals surface area contributed by atoms with Gasteiger partial charge in [0.15, 0.2) is 0 Å². The van der Waals surface area contributed by atoms with Crippen LogP contribution in [0, 0.1) is 0 Å². The Labute approximate surface area is 151 Å². The van der Waals surface area contributed by atoms with Gasteiger partial charge >= 0.3 is 0 Å². The highest BCUT2D eigenvalue weighted by atomic mass is 79.9. The number of carbonyl (C=O) groups excluding carboxylic acids is 1. The highest BCUT2D eigenvalue weighted by molar-refractivity contribution is 9.10. The quantitative estimate of drug-likeness (QED) is 0.782. The summed E-state index contributed by atoms with van der Waals surface area (Å²) in [5.74, 6) is 0.838. The largest absolute Gasteiger partial charge is 0.497 e. The van der Waals surface area contributed by atoms with Gasteiger partial charge in [-0.2, -0.15) is 0 Å². The highest BCUT2D eigenvalue weighted by Crippen LogP contribution is 2.17. The van der Waals surface area contributed by atoms with E-state index in [4.69, 9.17) is 4.74 Å². The molecular weight excluding hydrogens is 368 g/mol. The number of benzene rings is 2. The number of nitrogens with zero attached hydrogens (tertiary/aromatic N) is 1. The molecular formula is C19H23BrN2O2. The molecule has 2 aromatic carbocycles. The zero-order chi connectivity index (χ0) is 17.5. The monoisotopic (exact) mass is 390 g/mol. The van der Waals surface area contributed by atoms with Gasteiger partial charge < -0.3 is 10.1 Å². The summed E-state index contributed by atoms with van der Waals surface area (Å²) in [5, 5.41) is 3.03. The molecule has 128 valence electrons. The van der Waals surface area contributed by atoms with Crippen LogP contribution >= 0.6 is 15.9 Å². The number of hydrogen-bond acceptors (Lipinski definition) is 3. The molecule has 1 amide bonds. The van der Waals surface area contributed by atoms with E-state index in [2.05, 4.69) is 21.2 Å². The van der Waals surface area contributed by atoms with Crippen molar-refractivity contribution in [3.05, 3.63) is 64.1 Å². The fraction of sp³-hybridized carbons (Fsp3) is 0.316. The molecule has 24 heavy (non-hydrogen) atoms. The standard InChI is InChI=1S/C19H23BrN2O2/c1-14(16-7-9-17(20)10-8-16)21-19(23)13-22(2)12-15-5-4-6-18(11-15)24-3/h4-11,14H,12-13H2,1-3H3,(H,21,23)/t14-/m1/s1. The number of nitrogens with one attached hydrogen (secondary N) is 1. The van der Waals surface area contributed by atoms with Crippen LogP contribution in [0.4, 0.5) is 0 Å². The third-order valence-corrected chi connectivity index (χ3v) is 4.28. The number of hydrogen-bond donors (Lipinski definition) is 1. The normalized spacial score (nSPS) is 12.0. The van der Waals surface area contributed by atoms with E-state index in [0.717, 1.165) is 21.3 Å². The Morgan fingerprint density at radius 1 is 1.25 bits per heavy atom. The molecule has 0 fully saturated rings. The lowest BCUT2D eigenvalue weighted by atomic mass is 10.1. The molecule has 1 N–H and O–H groups in total. The Kier molecular flexibility index (Phi) is 6.82. The molecule has 2 aromatic rings. The lowest BCUT2D eigenvalue weighted by Crippen LogP contribution is -2.36. The van der Waals surface area contributed by atoms with E-state index < -0.39 is 0 Å². The number of amides is 1. The summed E-state index contributed by atoms with van der Waals surface area (Å²) in [5.41, 5.74) is 2.20. The van der Waals surface area contributed by atoms with Gasteiger partial charge in [0, 0.05) is 11.0 Å². The molecule has 0 unspecified atom stereocenters. The molecule has 5 heteroatoms. The molecule has 0 saturated heterocycles. The van der Waals surface area contributed by atoms with E-state index >= 15 is 0 Å². The molecule has 0 radical (unpaired) electrons. The molecule has 4 nitrogen and oxygen atoms in total. The molecule has 0 aliphatic rings. The summed E-state index contributed by atoms with van der Waals surface area (Å²) in [4.78, 5) is 14.2. The lowest BCUT2D eigenvalue weighted by molar-refractivity contribution is -0.122. The van der Waals surface area contributed by atoms with Crippen LogP contribution in [0.15, 0.2) is 53.0 Å². The predicted octanol–water partition coefficient (Wildman–Crippen LogP) is 3.77. The Hall–Kier alpha value is -1.85. The first-order valence-corrected chi connectivity index (χ1v) is 8.63. The first-order chi connectivity index (χ1) is 11.5. The third kappa shape index (κ3) is 5.65. The number of rotatable bonds is 7. The zero-order valence-corrected chi connectivity index (χ0v) is 15.8. The minimum Gasteiger partial charge on any atom is -0.497 e. The summed E-state index contributed by atoms with van der Waals surface area (Å²) in [6.07, 6.45) is 0. The van der Waals surface area contributed by atoms with Crippen molar-refractivity contribution in [1.82, 2.24) is 10.2 Å². The minimum atomic E-state index is -0.0178. The van der Waals surface area contributed by atoms with Gasteiger partial charge in [0.25, 0.3) is 0 Å². The van der Waals surface area contributed by atoms with Crippen LogP contribution in [-0.2, 0) is 11.3 Å². The first-order valence-electron chi connectivity index (χ1n) is 7.84. The van der Waals surface area contributed by atoms with E-state index in [1.165, 1.54) is 0 Å². The SMILES string of the molecule is COc1cccc(CN(C)CC(=O)N[C@H](C)c2ccc(Br)cc2)c1. The van der Waals surface area contributed by atoms with E-state index in [1.807, 2.05) is 67.4 Å². The molecule has 0 heterocycles. The molecule has 0 spiro atoms. The maximum atomic E-state index is 12.2. The number of carbonyl (C=O) groups is 1. The predicted molar refractivity (Wildman–Crippen MR) is 100 cm³/mol. The number of methoxy groups -OCH3 is 1. The second-order valence-corrected chi connectivity index (χ2v) is 6.78. The Balaban J connectivity index is 1.85. The van der Waals surface area contributed by atoms with Gasteiger partial charge in [0.1, 0.15) is 5.75 Å². The van der Waals surface area contributed by atoms with Crippen molar-refractivity contribution in [2.24, 2.45) is 0 Å². The molecule has 0 aromatic heterocycles. The molecule has 1 atom stereocenters. The van der Waals surface area contributed by atoms with Crippen LogP contribution < -0.4 is 10.1 Å². The van der Waals surface area contributed by atoms with Crippen LogP contribution in [0.2, 0.25) is 0 Å². The van der Waals surface area contributed by atoms with Gasteiger partial charge in [-0.25, -0.2) is 0 Å². The topological polar surface area (TPSA) is 41.6 Å². The Bertz CT molecular complexity index is 673. The van der Waals surface area contributed by atoms with Gasteiger partial charge in [-0.1, -0.05) is 40.2 Å². The van der Waals surface area contributed by atoms with Crippen molar-refractivity contribution in [3.63, 3.8) is 0 Å². The molecule has 0 aliphatic heterocycles. The van der Waals surface area contributed by atoms with Crippen LogP contribution in [0.25, 0.3) is 0 Å². The lowest BCUT2D eigenvalue weighted by Gasteiger charge is -2.19. The smallest absolute Gasteiger partial charge is 0.234 e. The maximum absolute atomic E-state index is 12.2. The van der Waals surface area contributed by atoms with Gasteiger partial charge in [-0.3, -0.25) is 9.69 Å². The number of likely N-dealkylation sites (N-methyl/N-ethyl adjacent to an activating group) is 1. The summed E-state index contributed by atoms with van der Waals surface area (Å²) in [6, 6.07) is 15.8. The summed E-state index contributed by atoms with van der Waals surface area (Å²) >= 11 is 3.42. The molecule has 0 saturated carbocycles. The number of halogens is 1. The fourth-order valence-corrected chi connectivity index (χ4v) is 2.77. The molecule has 0 bridgehead atoms. The summed E-state index contributed by atoms with van der Waals surface area (Å²) in [6.45, 7) is 3.03. The molecule has 0 aliphatic carbocycles. The van der Waals surface area contributed by atoms with Gasteiger partial charge in [0.2, 0.25) is 5.91 Å². The van der Waals surface area contributed by atoms with Crippen molar-refractivity contribution in [2.75, 3.05) is 20.7 Å². The van der Waals surface area contributed by atoms with Crippen LogP contribution in [-0.4, -0.2) is 31.5 Å². The third-order valence-electron chi connectivity index (χ3n) is 3.75. The highest BCUT2D eigenvalue weighted by Gasteiger charge is 2.12. The average molecular weight is 391 g/mol. The van der Waals surface area contributed by atoms with Crippen molar-refractivity contribution in [3.8, 4) is 5.75 Å². The first kappa shape index (κ1) is 18.5. The maximum Gasteiger partial charge on any atom is 0.234 e. The second kappa shape index (κ2) is 8.85. The Morgan fingerprint density at radius 2 is 1.96 bits per heavy atom. The van der Waals surface area contributed by atoms with Crippen molar-refractivity contribution >= 4 is 21.8 Å². The Morgan fingerprint density at radius 3 is 2.62 bits per heavy atom. The van der Waals surface area contributed by atoms with E-state index in [1.54, 1.807) is 7.11 Å². The second-order valence-electron chi connectivity index (χ2n) is 5.86. The van der Waals surface area contributed by atoms with Crippen molar-refractivity contribution in [2.45, 2.75) is 19.5 Å².